The molecule has 0 unspecified atom stereocenters. The van der Waals surface area contributed by atoms with Crippen LogP contribution in [-0.4, -0.2) is 34.5 Å². The predicted molar refractivity (Wildman–Crippen MR) is 113 cm³/mol. The van der Waals surface area contributed by atoms with E-state index in [4.69, 9.17) is 16.6 Å². The standard InChI is InChI=1S/C23H23ClN4/c24-19-6-3-5-18(13-19)14-27-12-9-23(16-27)17-28(15-20-7-1-2-10-25-20)21-8-4-11-26-22(21)23/h1-8,10-11,13H,9,12,14-17H2/t23-/m1/s1. The molecule has 5 rings (SSSR count). The molecule has 1 aromatic carbocycles. The minimum atomic E-state index is 0.101. The summed E-state index contributed by atoms with van der Waals surface area (Å²) < 4.78 is 0. The van der Waals surface area contributed by atoms with E-state index >= 15 is 0 Å². The van der Waals surface area contributed by atoms with Gasteiger partial charge in [-0.3, -0.25) is 14.9 Å². The first kappa shape index (κ1) is 17.7. The van der Waals surface area contributed by atoms with Gasteiger partial charge in [-0.25, -0.2) is 0 Å². The summed E-state index contributed by atoms with van der Waals surface area (Å²) in [4.78, 5) is 14.3. The second-order valence-corrected chi connectivity index (χ2v) is 8.36. The summed E-state index contributed by atoms with van der Waals surface area (Å²) in [5.74, 6) is 0. The van der Waals surface area contributed by atoms with Gasteiger partial charge in [0.25, 0.3) is 0 Å². The molecule has 2 aliphatic heterocycles. The molecule has 3 aromatic rings. The van der Waals surface area contributed by atoms with Crippen LogP contribution in [-0.2, 0) is 18.5 Å². The molecular formula is C23H23ClN4. The SMILES string of the molecule is Clc1cccc(CN2CC[C@@]3(C2)CN(Cc2ccccn2)c2cccnc23)c1. The van der Waals surface area contributed by atoms with Crippen LogP contribution < -0.4 is 4.90 Å². The van der Waals surface area contributed by atoms with Gasteiger partial charge in [0.15, 0.2) is 0 Å². The zero-order valence-corrected chi connectivity index (χ0v) is 16.5. The maximum Gasteiger partial charge on any atom is 0.0729 e. The fraction of sp³-hybridized carbons (Fsp3) is 0.304. The monoisotopic (exact) mass is 390 g/mol. The van der Waals surface area contributed by atoms with E-state index in [-0.39, 0.29) is 5.41 Å². The van der Waals surface area contributed by atoms with Crippen LogP contribution >= 0.6 is 11.6 Å². The Balaban J connectivity index is 1.38. The first-order chi connectivity index (χ1) is 13.7. The lowest BCUT2D eigenvalue weighted by Gasteiger charge is -2.26. The third-order valence-electron chi connectivity index (χ3n) is 5.93. The molecule has 28 heavy (non-hydrogen) atoms. The number of likely N-dealkylation sites (tertiary alicyclic amines) is 1. The molecule has 2 aromatic heterocycles. The Morgan fingerprint density at radius 2 is 1.86 bits per heavy atom. The molecule has 5 heteroatoms. The minimum Gasteiger partial charge on any atom is -0.363 e. The van der Waals surface area contributed by atoms with Crippen LogP contribution in [0.4, 0.5) is 5.69 Å². The Morgan fingerprint density at radius 3 is 2.71 bits per heavy atom. The van der Waals surface area contributed by atoms with E-state index in [1.165, 1.54) is 16.9 Å². The highest BCUT2D eigenvalue weighted by molar-refractivity contribution is 6.30. The van der Waals surface area contributed by atoms with E-state index in [1.54, 1.807) is 0 Å². The summed E-state index contributed by atoms with van der Waals surface area (Å²) in [6, 6.07) is 18.6. The van der Waals surface area contributed by atoms with Gasteiger partial charge in [-0.2, -0.15) is 0 Å². The van der Waals surface area contributed by atoms with Crippen molar-refractivity contribution in [1.82, 2.24) is 14.9 Å². The summed E-state index contributed by atoms with van der Waals surface area (Å²) in [6.45, 7) is 4.88. The largest absolute Gasteiger partial charge is 0.363 e. The lowest BCUT2D eigenvalue weighted by atomic mass is 9.85. The van der Waals surface area contributed by atoms with E-state index in [1.807, 2.05) is 36.7 Å². The summed E-state index contributed by atoms with van der Waals surface area (Å²) in [5, 5.41) is 0.806. The molecular weight excluding hydrogens is 368 g/mol. The second-order valence-electron chi connectivity index (χ2n) is 7.92. The Hall–Kier alpha value is -2.43. The predicted octanol–water partition coefficient (Wildman–Crippen LogP) is 4.29. The molecule has 4 nitrogen and oxygen atoms in total. The molecule has 1 atom stereocenters. The maximum absolute atomic E-state index is 6.17. The van der Waals surface area contributed by atoms with E-state index in [0.29, 0.717) is 0 Å². The first-order valence-corrected chi connectivity index (χ1v) is 10.2. The molecule has 2 aliphatic rings. The van der Waals surface area contributed by atoms with Gasteiger partial charge in [-0.05, 0) is 54.9 Å². The lowest BCUT2D eigenvalue weighted by molar-refractivity contribution is 0.305. The van der Waals surface area contributed by atoms with Crippen LogP contribution in [0, 0.1) is 0 Å². The highest BCUT2D eigenvalue weighted by atomic mass is 35.5. The summed E-state index contributed by atoms with van der Waals surface area (Å²) >= 11 is 6.17. The zero-order valence-electron chi connectivity index (χ0n) is 15.8. The van der Waals surface area contributed by atoms with E-state index in [9.17, 15) is 0 Å². The molecule has 0 N–H and O–H groups in total. The fourth-order valence-electron chi connectivity index (χ4n) is 4.72. The maximum atomic E-state index is 6.17. The van der Waals surface area contributed by atoms with Crippen molar-refractivity contribution in [1.29, 1.82) is 0 Å². The molecule has 0 bridgehead atoms. The van der Waals surface area contributed by atoms with Crippen LogP contribution in [0.15, 0.2) is 67.0 Å². The smallest absolute Gasteiger partial charge is 0.0729 e. The average molecular weight is 391 g/mol. The van der Waals surface area contributed by atoms with Crippen LogP contribution in [0.5, 0.6) is 0 Å². The van der Waals surface area contributed by atoms with Crippen LogP contribution in [0.1, 0.15) is 23.4 Å². The molecule has 0 radical (unpaired) electrons. The summed E-state index contributed by atoms with van der Waals surface area (Å²) in [7, 11) is 0. The fourth-order valence-corrected chi connectivity index (χ4v) is 4.94. The number of aromatic nitrogens is 2. The molecule has 0 amide bonds. The van der Waals surface area contributed by atoms with Crippen molar-refractivity contribution in [3.05, 3.63) is 89.0 Å². The molecule has 0 aliphatic carbocycles. The highest BCUT2D eigenvalue weighted by Crippen LogP contribution is 2.45. The molecule has 1 saturated heterocycles. The number of anilines is 1. The van der Waals surface area contributed by atoms with Gasteiger partial charge in [0.1, 0.15) is 0 Å². The Bertz CT molecular complexity index is 977. The van der Waals surface area contributed by atoms with Crippen molar-refractivity contribution in [3.8, 4) is 0 Å². The number of halogens is 1. The van der Waals surface area contributed by atoms with Crippen LogP contribution in [0.25, 0.3) is 0 Å². The van der Waals surface area contributed by atoms with Gasteiger partial charge < -0.3 is 4.90 Å². The van der Waals surface area contributed by atoms with E-state index in [2.05, 4.69) is 45.1 Å². The zero-order chi connectivity index (χ0) is 19.0. The van der Waals surface area contributed by atoms with Crippen molar-refractivity contribution in [2.45, 2.75) is 24.9 Å². The Labute approximate surface area is 170 Å². The molecule has 1 fully saturated rings. The van der Waals surface area contributed by atoms with Gasteiger partial charge >= 0.3 is 0 Å². The summed E-state index contributed by atoms with van der Waals surface area (Å²) in [6.07, 6.45) is 4.94. The van der Waals surface area contributed by atoms with Crippen LogP contribution in [0.2, 0.25) is 5.02 Å². The van der Waals surface area contributed by atoms with Crippen LogP contribution in [0.3, 0.4) is 0 Å². The minimum absolute atomic E-state index is 0.101. The van der Waals surface area contributed by atoms with Crippen molar-refractivity contribution in [2.75, 3.05) is 24.5 Å². The van der Waals surface area contributed by atoms with Gasteiger partial charge in [0, 0.05) is 42.5 Å². The highest BCUT2D eigenvalue weighted by Gasteiger charge is 2.48. The normalized spacial score (nSPS) is 21.4. The van der Waals surface area contributed by atoms with Gasteiger partial charge in [-0.1, -0.05) is 29.8 Å². The van der Waals surface area contributed by atoms with Gasteiger partial charge in [0.05, 0.1) is 23.6 Å². The third kappa shape index (κ3) is 3.27. The van der Waals surface area contributed by atoms with Gasteiger partial charge in [-0.15, -0.1) is 0 Å². The number of hydrogen-bond donors (Lipinski definition) is 0. The molecule has 4 heterocycles. The molecule has 1 spiro atoms. The van der Waals surface area contributed by atoms with Crippen molar-refractivity contribution in [3.63, 3.8) is 0 Å². The second kappa shape index (κ2) is 7.19. The van der Waals surface area contributed by atoms with Crippen molar-refractivity contribution >= 4 is 17.3 Å². The quantitative estimate of drug-likeness (QED) is 0.665. The topological polar surface area (TPSA) is 32.3 Å². The Morgan fingerprint density at radius 1 is 0.929 bits per heavy atom. The average Bonchev–Trinajstić information content (AvgIpc) is 3.25. The van der Waals surface area contributed by atoms with Crippen molar-refractivity contribution < 1.29 is 0 Å². The first-order valence-electron chi connectivity index (χ1n) is 9.79. The molecule has 0 saturated carbocycles. The number of benzene rings is 1. The number of pyridine rings is 2. The number of rotatable bonds is 4. The third-order valence-corrected chi connectivity index (χ3v) is 6.17. The van der Waals surface area contributed by atoms with E-state index < -0.39 is 0 Å². The van der Waals surface area contributed by atoms with Crippen molar-refractivity contribution in [2.24, 2.45) is 0 Å². The number of fused-ring (bicyclic) bond motifs is 2. The van der Waals surface area contributed by atoms with E-state index in [0.717, 1.165) is 49.9 Å². The lowest BCUT2D eigenvalue weighted by Crippen LogP contribution is -2.36. The summed E-state index contributed by atoms with van der Waals surface area (Å²) in [5.41, 5.74) is 4.98. The number of hydrogen-bond acceptors (Lipinski definition) is 4. The number of nitrogens with zero attached hydrogens (tertiary/aromatic N) is 4. The molecule has 142 valence electrons. The Kier molecular flexibility index (Phi) is 4.53. The van der Waals surface area contributed by atoms with Gasteiger partial charge in [0.2, 0.25) is 0 Å².